The first-order valence-corrected chi connectivity index (χ1v) is 13.0. The number of tetrazole rings is 1. The number of ether oxygens (including phenoxy) is 1. The number of halogens is 1. The van der Waals surface area contributed by atoms with Crippen LogP contribution in [-0.4, -0.2) is 62.7 Å². The number of nitrogens with zero attached hydrogens (tertiary/aromatic N) is 5. The van der Waals surface area contributed by atoms with Gasteiger partial charge in [0.15, 0.2) is 0 Å². The van der Waals surface area contributed by atoms with E-state index in [1.165, 1.54) is 28.3 Å². The Hall–Kier alpha value is -3.18. The van der Waals surface area contributed by atoms with Crippen molar-refractivity contribution in [2.24, 2.45) is 5.92 Å². The van der Waals surface area contributed by atoms with Crippen LogP contribution in [0.3, 0.4) is 0 Å². The van der Waals surface area contributed by atoms with E-state index < -0.39 is 6.04 Å². The van der Waals surface area contributed by atoms with Crippen molar-refractivity contribution in [3.8, 4) is 11.4 Å². The summed E-state index contributed by atoms with van der Waals surface area (Å²) in [5.41, 5.74) is 0.590. The summed E-state index contributed by atoms with van der Waals surface area (Å²) in [5, 5.41) is 17.2. The molecule has 36 heavy (non-hydrogen) atoms. The van der Waals surface area contributed by atoms with Gasteiger partial charge in [0.05, 0.1) is 6.10 Å². The predicted molar refractivity (Wildman–Crippen MR) is 133 cm³/mol. The fraction of sp³-hybridized carbons (Fsp3) is 0.480. The van der Waals surface area contributed by atoms with Gasteiger partial charge >= 0.3 is 0 Å². The lowest BCUT2D eigenvalue weighted by Crippen LogP contribution is -2.47. The summed E-state index contributed by atoms with van der Waals surface area (Å²) in [6, 6.07) is 8.69. The van der Waals surface area contributed by atoms with E-state index in [4.69, 9.17) is 4.74 Å². The van der Waals surface area contributed by atoms with E-state index in [1.807, 2.05) is 17.5 Å². The zero-order valence-electron chi connectivity index (χ0n) is 20.5. The van der Waals surface area contributed by atoms with E-state index in [2.05, 4.69) is 34.6 Å². The van der Waals surface area contributed by atoms with Crippen LogP contribution in [0.2, 0.25) is 0 Å². The standard InChI is InChI=1S/C25H31FN6O3S/c1-17(2)11-12-27-25(34)23(21-6-4-14-36-21)31(15-20-5-3-13-35-20)22(33)16-32-29-24(28-30-32)18-7-9-19(26)10-8-18/h4,6-10,14,17,20,23H,3,5,11-13,15-16H2,1-2H3,(H,27,34)/t20-,23-/m1/s1. The van der Waals surface area contributed by atoms with Crippen molar-refractivity contribution < 1.29 is 18.7 Å². The normalized spacial score (nSPS) is 16.3. The van der Waals surface area contributed by atoms with E-state index in [0.29, 0.717) is 31.2 Å². The second-order valence-electron chi connectivity index (χ2n) is 9.22. The van der Waals surface area contributed by atoms with Gasteiger partial charge in [-0.05, 0) is 66.1 Å². The van der Waals surface area contributed by atoms with Crippen LogP contribution in [0.4, 0.5) is 4.39 Å². The van der Waals surface area contributed by atoms with Crippen LogP contribution in [0.1, 0.15) is 44.0 Å². The summed E-state index contributed by atoms with van der Waals surface area (Å²) in [4.78, 5) is 30.6. The molecule has 1 aliphatic heterocycles. The van der Waals surface area contributed by atoms with Crippen LogP contribution in [-0.2, 0) is 20.9 Å². The van der Waals surface area contributed by atoms with Crippen molar-refractivity contribution in [3.05, 3.63) is 52.5 Å². The minimum Gasteiger partial charge on any atom is -0.376 e. The van der Waals surface area contributed by atoms with E-state index in [-0.39, 0.29) is 36.1 Å². The molecule has 0 saturated carbocycles. The maximum atomic E-state index is 13.6. The van der Waals surface area contributed by atoms with Crippen molar-refractivity contribution in [1.82, 2.24) is 30.4 Å². The summed E-state index contributed by atoms with van der Waals surface area (Å²) in [6.07, 6.45) is 2.45. The molecule has 0 bridgehead atoms. The zero-order chi connectivity index (χ0) is 25.5. The Morgan fingerprint density at radius 3 is 2.75 bits per heavy atom. The third-order valence-corrected chi connectivity index (χ3v) is 6.89. The van der Waals surface area contributed by atoms with Gasteiger partial charge in [-0.25, -0.2) is 4.39 Å². The molecule has 3 aromatic rings. The molecule has 1 saturated heterocycles. The Kier molecular flexibility index (Phi) is 8.76. The number of hydrogen-bond acceptors (Lipinski definition) is 7. The number of thiophene rings is 1. The van der Waals surface area contributed by atoms with E-state index in [9.17, 15) is 14.0 Å². The van der Waals surface area contributed by atoms with Gasteiger partial charge in [-0.2, -0.15) is 4.80 Å². The third-order valence-electron chi connectivity index (χ3n) is 5.97. The van der Waals surface area contributed by atoms with E-state index in [0.717, 1.165) is 24.1 Å². The molecule has 0 spiro atoms. The Balaban J connectivity index is 1.55. The lowest BCUT2D eigenvalue weighted by atomic mass is 10.1. The van der Waals surface area contributed by atoms with Crippen LogP contribution >= 0.6 is 11.3 Å². The molecule has 11 heteroatoms. The highest BCUT2D eigenvalue weighted by molar-refractivity contribution is 7.10. The Labute approximate surface area is 213 Å². The molecule has 1 aliphatic rings. The predicted octanol–water partition coefficient (Wildman–Crippen LogP) is 3.45. The monoisotopic (exact) mass is 514 g/mol. The van der Waals surface area contributed by atoms with Gasteiger partial charge in [0.1, 0.15) is 18.4 Å². The molecular formula is C25H31FN6O3S. The minimum absolute atomic E-state index is 0.140. The second kappa shape index (κ2) is 12.2. The smallest absolute Gasteiger partial charge is 0.248 e. The molecule has 0 unspecified atom stereocenters. The molecule has 1 aromatic carbocycles. The molecular weight excluding hydrogens is 483 g/mol. The molecule has 1 fully saturated rings. The van der Waals surface area contributed by atoms with Crippen molar-refractivity contribution in [3.63, 3.8) is 0 Å². The molecule has 2 aromatic heterocycles. The van der Waals surface area contributed by atoms with Crippen molar-refractivity contribution in [2.75, 3.05) is 19.7 Å². The van der Waals surface area contributed by atoms with Crippen LogP contribution in [0.25, 0.3) is 11.4 Å². The lowest BCUT2D eigenvalue weighted by molar-refractivity contribution is -0.143. The lowest BCUT2D eigenvalue weighted by Gasteiger charge is -2.32. The highest BCUT2D eigenvalue weighted by Gasteiger charge is 2.35. The highest BCUT2D eigenvalue weighted by Crippen LogP contribution is 2.28. The minimum atomic E-state index is -0.783. The third kappa shape index (κ3) is 6.73. The second-order valence-corrected chi connectivity index (χ2v) is 10.2. The van der Waals surface area contributed by atoms with Crippen molar-refractivity contribution in [2.45, 2.75) is 51.8 Å². The number of hydrogen-bond donors (Lipinski definition) is 1. The molecule has 0 aliphatic carbocycles. The fourth-order valence-electron chi connectivity index (χ4n) is 4.05. The summed E-state index contributed by atoms with van der Waals surface area (Å²) >= 11 is 1.44. The molecule has 3 heterocycles. The van der Waals surface area contributed by atoms with Crippen LogP contribution in [0.5, 0.6) is 0 Å². The van der Waals surface area contributed by atoms with Gasteiger partial charge in [0, 0.05) is 30.1 Å². The molecule has 192 valence electrons. The molecule has 9 nitrogen and oxygen atoms in total. The SMILES string of the molecule is CC(C)CCNC(=O)[C@@H](c1cccs1)N(C[C@H]1CCCO1)C(=O)Cn1nnc(-c2ccc(F)cc2)n1. The number of benzene rings is 1. The number of rotatable bonds is 11. The number of carbonyl (C=O) groups is 2. The number of amides is 2. The van der Waals surface area contributed by atoms with E-state index >= 15 is 0 Å². The topological polar surface area (TPSA) is 102 Å². The Morgan fingerprint density at radius 2 is 2.08 bits per heavy atom. The Bertz CT molecular complexity index is 1130. The first kappa shape index (κ1) is 25.9. The van der Waals surface area contributed by atoms with E-state index in [1.54, 1.807) is 17.0 Å². The summed E-state index contributed by atoms with van der Waals surface area (Å²) in [6.45, 7) is 5.47. The first-order chi connectivity index (χ1) is 17.4. The maximum Gasteiger partial charge on any atom is 0.248 e. The molecule has 0 radical (unpaired) electrons. The average molecular weight is 515 g/mol. The Morgan fingerprint density at radius 1 is 1.28 bits per heavy atom. The maximum absolute atomic E-state index is 13.6. The zero-order valence-corrected chi connectivity index (χ0v) is 21.3. The highest BCUT2D eigenvalue weighted by atomic mass is 32.1. The van der Waals surface area contributed by atoms with Gasteiger partial charge in [0.25, 0.3) is 0 Å². The number of aromatic nitrogens is 4. The van der Waals surface area contributed by atoms with Gasteiger partial charge in [0.2, 0.25) is 17.6 Å². The number of nitrogens with one attached hydrogen (secondary N) is 1. The van der Waals surface area contributed by atoms with Gasteiger partial charge in [-0.3, -0.25) is 9.59 Å². The quantitative estimate of drug-likeness (QED) is 0.421. The largest absolute Gasteiger partial charge is 0.376 e. The summed E-state index contributed by atoms with van der Waals surface area (Å²) in [7, 11) is 0. The van der Waals surface area contributed by atoms with Crippen LogP contribution in [0, 0.1) is 11.7 Å². The van der Waals surface area contributed by atoms with Crippen LogP contribution < -0.4 is 5.32 Å². The van der Waals surface area contributed by atoms with Crippen molar-refractivity contribution >= 4 is 23.2 Å². The molecule has 2 atom stereocenters. The molecule has 2 amide bonds. The van der Waals surface area contributed by atoms with Crippen molar-refractivity contribution in [1.29, 1.82) is 0 Å². The number of carbonyl (C=O) groups excluding carboxylic acids is 2. The van der Waals surface area contributed by atoms with Gasteiger partial charge in [-0.15, -0.1) is 21.5 Å². The average Bonchev–Trinajstić information content (AvgIpc) is 3.63. The van der Waals surface area contributed by atoms with Crippen LogP contribution in [0.15, 0.2) is 41.8 Å². The van der Waals surface area contributed by atoms with Gasteiger partial charge < -0.3 is 15.0 Å². The molecule has 1 N–H and O–H groups in total. The summed E-state index contributed by atoms with van der Waals surface area (Å²) < 4.78 is 19.1. The fourth-order valence-corrected chi connectivity index (χ4v) is 4.88. The summed E-state index contributed by atoms with van der Waals surface area (Å²) in [5.74, 6) is -0.162. The van der Waals surface area contributed by atoms with Gasteiger partial charge in [-0.1, -0.05) is 19.9 Å². The first-order valence-electron chi connectivity index (χ1n) is 12.2. The molecule has 4 rings (SSSR count).